The molecule has 0 aromatic heterocycles. The first-order valence-electron chi connectivity index (χ1n) is 15.3. The molecule has 7 rings (SSSR count). The summed E-state index contributed by atoms with van der Waals surface area (Å²) in [7, 11) is 0. The van der Waals surface area contributed by atoms with Crippen LogP contribution < -0.4 is 10.1 Å². The third-order valence-electron chi connectivity index (χ3n) is 9.30. The second-order valence-electron chi connectivity index (χ2n) is 11.9. The maximum Gasteiger partial charge on any atom is 0.308 e. The molecule has 7 nitrogen and oxygen atoms in total. The number of anilines is 1. The van der Waals surface area contributed by atoms with Crippen LogP contribution in [0.25, 0.3) is 6.08 Å². The minimum Gasteiger partial charge on any atom is -0.427 e. The van der Waals surface area contributed by atoms with E-state index in [1.54, 1.807) is 24.3 Å². The van der Waals surface area contributed by atoms with Gasteiger partial charge in [-0.1, -0.05) is 80.1 Å². The molecule has 3 aliphatic heterocycles. The van der Waals surface area contributed by atoms with Crippen molar-refractivity contribution in [2.45, 2.75) is 44.2 Å². The highest BCUT2D eigenvalue weighted by atomic mass is 16.5. The molecular weight excluding hydrogens is 564 g/mol. The van der Waals surface area contributed by atoms with Crippen LogP contribution in [0.5, 0.6) is 5.75 Å². The number of fused-ring (bicyclic) bond motifs is 6. The Balaban J connectivity index is 1.45. The predicted octanol–water partition coefficient (Wildman–Crippen LogP) is 6.55. The molecular formula is C38H32N2O5. The second-order valence-corrected chi connectivity index (χ2v) is 11.9. The summed E-state index contributed by atoms with van der Waals surface area (Å²) in [4.78, 5) is 57.7. The van der Waals surface area contributed by atoms with Gasteiger partial charge in [0, 0.05) is 29.9 Å². The third-order valence-corrected chi connectivity index (χ3v) is 9.30. The molecule has 3 aliphatic rings. The topological polar surface area (TPSA) is 92.8 Å². The van der Waals surface area contributed by atoms with E-state index in [1.165, 1.54) is 6.92 Å². The summed E-state index contributed by atoms with van der Waals surface area (Å²) in [5.74, 6) is -2.07. The van der Waals surface area contributed by atoms with Gasteiger partial charge in [-0.2, -0.15) is 0 Å². The number of Topliss-reactive ketones (excluding diaryl/α,β-unsaturated/α-hetero) is 2. The van der Waals surface area contributed by atoms with Crippen LogP contribution >= 0.6 is 0 Å². The zero-order valence-electron chi connectivity index (χ0n) is 25.0. The lowest BCUT2D eigenvalue weighted by molar-refractivity contribution is -0.131. The Morgan fingerprint density at radius 3 is 2.24 bits per heavy atom. The fourth-order valence-electron chi connectivity index (χ4n) is 7.50. The minimum absolute atomic E-state index is 0.264. The van der Waals surface area contributed by atoms with Crippen LogP contribution in [0.4, 0.5) is 5.69 Å². The number of esters is 1. The number of hydrogen-bond donors (Lipinski definition) is 1. The van der Waals surface area contributed by atoms with Crippen LogP contribution in [-0.4, -0.2) is 34.4 Å². The molecule has 224 valence electrons. The molecule has 0 bridgehead atoms. The van der Waals surface area contributed by atoms with Crippen molar-refractivity contribution >= 4 is 35.2 Å². The van der Waals surface area contributed by atoms with Gasteiger partial charge in [-0.25, -0.2) is 0 Å². The smallest absolute Gasteiger partial charge is 0.308 e. The number of para-hydroxylation sites is 1. The van der Waals surface area contributed by atoms with Crippen molar-refractivity contribution < 1.29 is 23.9 Å². The van der Waals surface area contributed by atoms with Crippen molar-refractivity contribution in [2.24, 2.45) is 5.92 Å². The largest absolute Gasteiger partial charge is 0.427 e. The summed E-state index contributed by atoms with van der Waals surface area (Å²) in [6, 6.07) is 27.6. The highest BCUT2D eigenvalue weighted by Crippen LogP contribution is 2.62. The van der Waals surface area contributed by atoms with Gasteiger partial charge in [-0.3, -0.25) is 19.2 Å². The lowest BCUT2D eigenvalue weighted by Crippen LogP contribution is -2.49. The van der Waals surface area contributed by atoms with E-state index in [0.29, 0.717) is 28.1 Å². The van der Waals surface area contributed by atoms with Crippen molar-refractivity contribution in [2.75, 3.05) is 5.32 Å². The summed E-state index contributed by atoms with van der Waals surface area (Å²) in [5, 5.41) is 3.08. The average molecular weight is 597 g/mol. The zero-order chi connectivity index (χ0) is 31.3. The van der Waals surface area contributed by atoms with Gasteiger partial charge in [0.25, 0.3) is 0 Å². The van der Waals surface area contributed by atoms with Crippen molar-refractivity contribution in [3.63, 3.8) is 0 Å². The molecule has 45 heavy (non-hydrogen) atoms. The van der Waals surface area contributed by atoms with Crippen molar-refractivity contribution in [1.29, 1.82) is 0 Å². The number of ketones is 2. The van der Waals surface area contributed by atoms with Crippen LogP contribution in [0.15, 0.2) is 103 Å². The molecule has 0 aliphatic carbocycles. The van der Waals surface area contributed by atoms with E-state index in [4.69, 9.17) is 4.74 Å². The first-order valence-corrected chi connectivity index (χ1v) is 15.3. The molecule has 4 aromatic carbocycles. The summed E-state index contributed by atoms with van der Waals surface area (Å²) >= 11 is 0. The maximum absolute atomic E-state index is 15.0. The van der Waals surface area contributed by atoms with E-state index >= 15 is 0 Å². The van der Waals surface area contributed by atoms with Crippen LogP contribution in [-0.2, 0) is 21.4 Å². The van der Waals surface area contributed by atoms with Crippen molar-refractivity contribution in [1.82, 2.24) is 4.90 Å². The molecule has 0 unspecified atom stereocenters. The minimum atomic E-state index is -1.39. The number of rotatable bonds is 7. The first-order chi connectivity index (χ1) is 21.8. The van der Waals surface area contributed by atoms with Gasteiger partial charge in [0.05, 0.1) is 12.0 Å². The molecule has 1 saturated heterocycles. The van der Waals surface area contributed by atoms with Gasteiger partial charge < -0.3 is 15.0 Å². The molecule has 1 N–H and O–H groups in total. The van der Waals surface area contributed by atoms with E-state index in [0.717, 1.165) is 29.5 Å². The summed E-state index contributed by atoms with van der Waals surface area (Å²) in [5.41, 5.74) is 3.69. The van der Waals surface area contributed by atoms with E-state index in [1.807, 2.05) is 90.0 Å². The number of amides is 1. The van der Waals surface area contributed by atoms with Crippen LogP contribution in [0.2, 0.25) is 0 Å². The SMILES string of the molecule is CCCc1ccc(C(=O)[C@@H]2[C@H](C(=O)c3ccc(OC(C)=O)cc3)N3C=Cc4ccccc4[C@H]3[C@]23C(=O)Nc2ccccc23)cc1. The van der Waals surface area contributed by atoms with Crippen LogP contribution in [0.1, 0.15) is 69.3 Å². The first kappa shape index (κ1) is 28.5. The number of carbonyl (C=O) groups excluding carboxylic acids is 4. The van der Waals surface area contributed by atoms with E-state index < -0.39 is 29.4 Å². The molecule has 3 heterocycles. The number of nitrogens with zero attached hydrogens (tertiary/aromatic N) is 1. The molecule has 4 atom stereocenters. The Labute approximate surface area is 261 Å². The number of ether oxygens (including phenoxy) is 1. The van der Waals surface area contributed by atoms with Crippen molar-refractivity contribution in [3.8, 4) is 5.75 Å². The Kier molecular flexibility index (Phi) is 6.96. The van der Waals surface area contributed by atoms with E-state index in [2.05, 4.69) is 12.2 Å². The standard InChI is InChI=1S/C38H32N2O5/c1-3-8-24-13-15-26(16-14-24)34(42)32-33(35(43)27-17-19-28(20-18-27)45-23(2)41)40-22-21-25-9-4-5-10-29(25)36(40)38(32)30-11-6-7-12-31(30)39-37(38)44/h4-7,9-22,32-33,36H,3,8H2,1-2H3,(H,39,44)/t32-,33+,36-,38+/m0/s1. The highest BCUT2D eigenvalue weighted by molar-refractivity contribution is 6.16. The van der Waals surface area contributed by atoms with E-state index in [-0.39, 0.29) is 17.5 Å². The predicted molar refractivity (Wildman–Crippen MR) is 171 cm³/mol. The van der Waals surface area contributed by atoms with Gasteiger partial charge in [0.15, 0.2) is 11.6 Å². The van der Waals surface area contributed by atoms with Gasteiger partial charge in [0.2, 0.25) is 5.91 Å². The normalized spacial score (nSPS) is 22.4. The Morgan fingerprint density at radius 1 is 0.844 bits per heavy atom. The van der Waals surface area contributed by atoms with Crippen molar-refractivity contribution in [3.05, 3.63) is 137 Å². The molecule has 7 heteroatoms. The fraction of sp³-hybridized carbons (Fsp3) is 0.211. The van der Waals surface area contributed by atoms with Crippen LogP contribution in [0.3, 0.4) is 0 Å². The average Bonchev–Trinajstić information content (AvgIpc) is 3.53. The quantitative estimate of drug-likeness (QED) is 0.148. The second kappa shape index (κ2) is 11.0. The molecule has 0 saturated carbocycles. The number of carbonyl (C=O) groups is 4. The Morgan fingerprint density at radius 2 is 1.51 bits per heavy atom. The number of aryl methyl sites for hydroxylation is 1. The number of hydrogen-bond acceptors (Lipinski definition) is 6. The Bertz CT molecular complexity index is 1880. The number of benzene rings is 4. The van der Waals surface area contributed by atoms with E-state index in [9.17, 15) is 19.2 Å². The van der Waals surface area contributed by atoms with Gasteiger partial charge >= 0.3 is 5.97 Å². The summed E-state index contributed by atoms with van der Waals surface area (Å²) < 4.78 is 5.19. The number of nitrogens with one attached hydrogen (secondary N) is 1. The molecule has 1 fully saturated rings. The zero-order valence-corrected chi connectivity index (χ0v) is 25.0. The highest BCUT2D eigenvalue weighted by Gasteiger charge is 2.70. The van der Waals surface area contributed by atoms with Gasteiger partial charge in [-0.15, -0.1) is 0 Å². The maximum atomic E-state index is 15.0. The molecule has 4 aromatic rings. The van der Waals surface area contributed by atoms with Crippen LogP contribution in [0, 0.1) is 5.92 Å². The lowest BCUT2D eigenvalue weighted by atomic mass is 9.62. The molecule has 0 radical (unpaired) electrons. The molecule has 1 spiro atoms. The summed E-state index contributed by atoms with van der Waals surface area (Å²) in [6.07, 6.45) is 5.66. The van der Waals surface area contributed by atoms with Gasteiger partial charge in [-0.05, 0) is 65.1 Å². The third kappa shape index (κ3) is 4.41. The molecule has 1 amide bonds. The lowest BCUT2D eigenvalue weighted by Gasteiger charge is -2.38. The fourth-order valence-corrected chi connectivity index (χ4v) is 7.50. The summed E-state index contributed by atoms with van der Waals surface area (Å²) in [6.45, 7) is 3.42. The Hall–Kier alpha value is -5.30. The van der Waals surface area contributed by atoms with Gasteiger partial charge in [0.1, 0.15) is 17.2 Å². The monoisotopic (exact) mass is 596 g/mol.